The number of nitrogens with one attached hydrogen (secondary N) is 1. The topological polar surface area (TPSA) is 58.6 Å². The Hall–Kier alpha value is -1.55. The summed E-state index contributed by atoms with van der Waals surface area (Å²) in [5.41, 5.74) is 1.02. The lowest BCUT2D eigenvalue weighted by Crippen LogP contribution is -2.22. The fraction of sp³-hybridized carbons (Fsp3) is 0.588. The van der Waals surface area contributed by atoms with Gasteiger partial charge in [-0.15, -0.1) is 0 Å². The Labute approximate surface area is 127 Å². The van der Waals surface area contributed by atoms with Crippen molar-refractivity contribution in [2.45, 2.75) is 58.4 Å². The molecular formula is C17H27NO3. The number of carbonyl (C=O) groups is 1. The summed E-state index contributed by atoms with van der Waals surface area (Å²) in [4.78, 5) is 11.7. The number of aliphatic hydroxyl groups is 1. The quantitative estimate of drug-likeness (QED) is 0.486. The van der Waals surface area contributed by atoms with Crippen molar-refractivity contribution >= 4 is 5.91 Å². The van der Waals surface area contributed by atoms with E-state index >= 15 is 0 Å². The second-order valence-corrected chi connectivity index (χ2v) is 5.21. The van der Waals surface area contributed by atoms with Crippen molar-refractivity contribution in [1.82, 2.24) is 5.32 Å². The highest BCUT2D eigenvalue weighted by molar-refractivity contribution is 5.75. The SMILES string of the molecule is CCCCCCCCC(=O)NCc1ccc(OCO)cc1. The third-order valence-corrected chi connectivity index (χ3v) is 3.40. The lowest BCUT2D eigenvalue weighted by Gasteiger charge is -2.07. The summed E-state index contributed by atoms with van der Waals surface area (Å²) in [6.07, 6.45) is 7.77. The Morgan fingerprint density at radius 3 is 2.43 bits per heavy atom. The molecule has 0 aliphatic carbocycles. The number of amides is 1. The Balaban J connectivity index is 2.12. The van der Waals surface area contributed by atoms with Crippen molar-refractivity contribution in [3.63, 3.8) is 0 Å². The van der Waals surface area contributed by atoms with Gasteiger partial charge in [0.05, 0.1) is 0 Å². The maximum absolute atomic E-state index is 11.7. The first-order valence-electron chi connectivity index (χ1n) is 7.85. The van der Waals surface area contributed by atoms with Crippen LogP contribution in [-0.4, -0.2) is 17.8 Å². The summed E-state index contributed by atoms with van der Waals surface area (Å²) in [6, 6.07) is 7.34. The highest BCUT2D eigenvalue weighted by Gasteiger charge is 2.01. The number of unbranched alkanes of at least 4 members (excludes halogenated alkanes) is 5. The zero-order chi connectivity index (χ0) is 15.3. The van der Waals surface area contributed by atoms with Gasteiger partial charge in [0.25, 0.3) is 0 Å². The van der Waals surface area contributed by atoms with Gasteiger partial charge in [-0.25, -0.2) is 0 Å². The Bertz CT molecular complexity index is 390. The fourth-order valence-corrected chi connectivity index (χ4v) is 2.13. The minimum Gasteiger partial charge on any atom is -0.468 e. The van der Waals surface area contributed by atoms with Gasteiger partial charge in [-0.3, -0.25) is 4.79 Å². The van der Waals surface area contributed by atoms with Gasteiger partial charge in [-0.1, -0.05) is 51.2 Å². The van der Waals surface area contributed by atoms with Crippen LogP contribution in [0.4, 0.5) is 0 Å². The lowest BCUT2D eigenvalue weighted by atomic mass is 10.1. The molecule has 0 atom stereocenters. The van der Waals surface area contributed by atoms with E-state index in [0.717, 1.165) is 18.4 Å². The average Bonchev–Trinajstić information content (AvgIpc) is 2.50. The Morgan fingerprint density at radius 2 is 1.76 bits per heavy atom. The number of carbonyl (C=O) groups excluding carboxylic acids is 1. The third-order valence-electron chi connectivity index (χ3n) is 3.40. The van der Waals surface area contributed by atoms with Crippen molar-refractivity contribution in [3.05, 3.63) is 29.8 Å². The van der Waals surface area contributed by atoms with Crippen LogP contribution in [0.2, 0.25) is 0 Å². The average molecular weight is 293 g/mol. The van der Waals surface area contributed by atoms with Crippen LogP contribution in [0.3, 0.4) is 0 Å². The molecule has 0 aromatic heterocycles. The first-order valence-corrected chi connectivity index (χ1v) is 7.85. The minimum absolute atomic E-state index is 0.112. The van der Waals surface area contributed by atoms with Crippen LogP contribution in [-0.2, 0) is 11.3 Å². The van der Waals surface area contributed by atoms with Crippen LogP contribution >= 0.6 is 0 Å². The second-order valence-electron chi connectivity index (χ2n) is 5.21. The normalized spacial score (nSPS) is 10.4. The number of ether oxygens (including phenoxy) is 1. The highest BCUT2D eigenvalue weighted by Crippen LogP contribution is 2.12. The molecule has 0 unspecified atom stereocenters. The van der Waals surface area contributed by atoms with Crippen LogP contribution < -0.4 is 10.1 Å². The molecule has 0 bridgehead atoms. The molecular weight excluding hydrogens is 266 g/mol. The van der Waals surface area contributed by atoms with E-state index in [4.69, 9.17) is 9.84 Å². The van der Waals surface area contributed by atoms with Crippen LogP contribution in [0.1, 0.15) is 57.4 Å². The van der Waals surface area contributed by atoms with Crippen LogP contribution in [0.5, 0.6) is 5.75 Å². The fourth-order valence-electron chi connectivity index (χ4n) is 2.13. The maximum Gasteiger partial charge on any atom is 0.220 e. The molecule has 1 aromatic rings. The number of aliphatic hydroxyl groups excluding tert-OH is 1. The summed E-state index contributed by atoms with van der Waals surface area (Å²) in [5.74, 6) is 0.737. The predicted molar refractivity (Wildman–Crippen MR) is 84.0 cm³/mol. The molecule has 2 N–H and O–H groups in total. The molecule has 1 aromatic carbocycles. The van der Waals surface area contributed by atoms with E-state index in [-0.39, 0.29) is 12.7 Å². The van der Waals surface area contributed by atoms with Gasteiger partial charge in [0.2, 0.25) is 5.91 Å². The molecule has 1 amide bonds. The minimum atomic E-state index is -0.325. The van der Waals surface area contributed by atoms with Crippen molar-refractivity contribution in [3.8, 4) is 5.75 Å². The van der Waals surface area contributed by atoms with E-state index < -0.39 is 0 Å². The molecule has 0 aliphatic rings. The first-order chi connectivity index (χ1) is 10.3. The van der Waals surface area contributed by atoms with E-state index in [0.29, 0.717) is 18.7 Å². The summed E-state index contributed by atoms with van der Waals surface area (Å²) < 4.78 is 4.95. The maximum atomic E-state index is 11.7. The van der Waals surface area contributed by atoms with Gasteiger partial charge in [0.1, 0.15) is 5.75 Å². The molecule has 21 heavy (non-hydrogen) atoms. The van der Waals surface area contributed by atoms with E-state index in [9.17, 15) is 4.79 Å². The molecule has 4 heteroatoms. The number of hydrogen-bond donors (Lipinski definition) is 2. The molecule has 0 spiro atoms. The molecule has 0 heterocycles. The Kier molecular flexibility index (Phi) is 9.29. The lowest BCUT2D eigenvalue weighted by molar-refractivity contribution is -0.121. The third kappa shape index (κ3) is 8.35. The summed E-state index contributed by atoms with van der Waals surface area (Å²) in [6.45, 7) is 2.42. The van der Waals surface area contributed by atoms with Crippen molar-refractivity contribution in [2.24, 2.45) is 0 Å². The summed E-state index contributed by atoms with van der Waals surface area (Å²) in [7, 11) is 0. The van der Waals surface area contributed by atoms with E-state index in [2.05, 4.69) is 12.2 Å². The standard InChI is InChI=1S/C17H27NO3/c1-2-3-4-5-6-7-8-17(20)18-13-15-9-11-16(12-10-15)21-14-19/h9-12,19H,2-8,13-14H2,1H3,(H,18,20). The van der Waals surface area contributed by atoms with Gasteiger partial charge in [-0.05, 0) is 24.1 Å². The van der Waals surface area contributed by atoms with E-state index in [1.165, 1.54) is 25.7 Å². The van der Waals surface area contributed by atoms with Gasteiger partial charge in [0, 0.05) is 13.0 Å². The van der Waals surface area contributed by atoms with Gasteiger partial charge in [-0.2, -0.15) is 0 Å². The largest absolute Gasteiger partial charge is 0.468 e. The molecule has 0 aliphatic heterocycles. The van der Waals surface area contributed by atoms with Crippen molar-refractivity contribution < 1.29 is 14.6 Å². The van der Waals surface area contributed by atoms with Crippen LogP contribution in [0, 0.1) is 0 Å². The zero-order valence-corrected chi connectivity index (χ0v) is 12.9. The van der Waals surface area contributed by atoms with Gasteiger partial charge >= 0.3 is 0 Å². The van der Waals surface area contributed by atoms with Crippen molar-refractivity contribution in [1.29, 1.82) is 0 Å². The Morgan fingerprint density at radius 1 is 1.10 bits per heavy atom. The van der Waals surface area contributed by atoms with E-state index in [1.54, 1.807) is 12.1 Å². The monoisotopic (exact) mass is 293 g/mol. The molecule has 1 rings (SSSR count). The predicted octanol–water partition coefficient (Wildman–Crippen LogP) is 3.38. The zero-order valence-electron chi connectivity index (χ0n) is 12.9. The molecule has 0 radical (unpaired) electrons. The van der Waals surface area contributed by atoms with Crippen molar-refractivity contribution in [2.75, 3.05) is 6.79 Å². The number of hydrogen-bond acceptors (Lipinski definition) is 3. The number of benzene rings is 1. The summed E-state index contributed by atoms with van der Waals surface area (Å²) >= 11 is 0. The van der Waals surface area contributed by atoms with Crippen LogP contribution in [0.25, 0.3) is 0 Å². The van der Waals surface area contributed by atoms with Gasteiger partial charge in [0.15, 0.2) is 6.79 Å². The molecule has 0 saturated carbocycles. The molecule has 0 saturated heterocycles. The molecule has 4 nitrogen and oxygen atoms in total. The molecule has 0 fully saturated rings. The molecule has 118 valence electrons. The van der Waals surface area contributed by atoms with Gasteiger partial charge < -0.3 is 15.2 Å². The highest BCUT2D eigenvalue weighted by atomic mass is 16.6. The first kappa shape index (κ1) is 17.5. The second kappa shape index (κ2) is 11.1. The van der Waals surface area contributed by atoms with Crippen LogP contribution in [0.15, 0.2) is 24.3 Å². The summed E-state index contributed by atoms with van der Waals surface area (Å²) in [5, 5.41) is 11.6. The van der Waals surface area contributed by atoms with E-state index in [1.807, 2.05) is 12.1 Å². The number of rotatable bonds is 11. The smallest absolute Gasteiger partial charge is 0.220 e.